The Morgan fingerprint density at radius 1 is 1.04 bits per heavy atom. The number of aliphatic hydroxyl groups excluding tert-OH is 2. The van der Waals surface area contributed by atoms with Gasteiger partial charge in [0.1, 0.15) is 11.2 Å². The van der Waals surface area contributed by atoms with Crippen LogP contribution in [0.5, 0.6) is 5.75 Å². The molecular weight excluding hydrogens is 310 g/mol. The Labute approximate surface area is 140 Å². The second-order valence-electron chi connectivity index (χ2n) is 4.92. The third-order valence-corrected chi connectivity index (χ3v) is 4.28. The number of aliphatic hydroxyl groups is 2. The Morgan fingerprint density at radius 2 is 1.65 bits per heavy atom. The molecule has 2 aromatic carbocycles. The van der Waals surface area contributed by atoms with Gasteiger partial charge in [-0.2, -0.15) is 5.26 Å². The predicted molar refractivity (Wildman–Crippen MR) is 92.3 cm³/mol. The molecule has 0 saturated carbocycles. The van der Waals surface area contributed by atoms with Gasteiger partial charge in [0.15, 0.2) is 0 Å². The molecule has 2 aromatic rings. The highest BCUT2D eigenvalue weighted by atomic mass is 32.2. The number of hydrogen-bond donors (Lipinski definition) is 2. The van der Waals surface area contributed by atoms with Crippen LogP contribution in [0, 0.1) is 11.3 Å². The molecule has 0 aromatic heterocycles. The molecule has 0 fully saturated rings. The summed E-state index contributed by atoms with van der Waals surface area (Å²) in [6, 6.07) is 17.4. The van der Waals surface area contributed by atoms with Crippen molar-refractivity contribution in [3.8, 4) is 22.9 Å². The second-order valence-corrected chi connectivity index (χ2v) is 6.21. The van der Waals surface area contributed by atoms with Crippen molar-refractivity contribution in [2.75, 3.05) is 19.0 Å². The highest BCUT2D eigenvalue weighted by Gasteiger charge is 2.02. The maximum absolute atomic E-state index is 9.20. The lowest BCUT2D eigenvalue weighted by molar-refractivity contribution is 0.160. The van der Waals surface area contributed by atoms with Gasteiger partial charge in [-0.05, 0) is 47.6 Å². The fourth-order valence-electron chi connectivity index (χ4n) is 2.00. The van der Waals surface area contributed by atoms with Crippen molar-refractivity contribution in [1.29, 1.82) is 5.26 Å². The van der Waals surface area contributed by atoms with Gasteiger partial charge < -0.3 is 14.9 Å². The van der Waals surface area contributed by atoms with Crippen molar-refractivity contribution in [2.24, 2.45) is 0 Å². The lowest BCUT2D eigenvalue weighted by Crippen LogP contribution is -2.08. The summed E-state index contributed by atoms with van der Waals surface area (Å²) in [5.74, 6) is 1.54. The summed E-state index contributed by atoms with van der Waals surface area (Å²) in [6.07, 6.45) is 0.805. The summed E-state index contributed by atoms with van der Waals surface area (Å²) >= 11 is 1.32. The molecular formula is C18H19NO3S. The van der Waals surface area contributed by atoms with Crippen LogP contribution in [0.15, 0.2) is 48.5 Å². The molecule has 0 aliphatic rings. The van der Waals surface area contributed by atoms with E-state index in [0.29, 0.717) is 12.2 Å². The van der Waals surface area contributed by atoms with E-state index in [1.54, 1.807) is 12.1 Å². The minimum atomic E-state index is -0.707. The SMILES string of the molecule is N#Cc1ccc(-c2ccc(OCCCSC(O)CO)cc2)cc1. The average molecular weight is 329 g/mol. The first kappa shape index (κ1) is 17.4. The molecule has 0 radical (unpaired) electrons. The predicted octanol–water partition coefficient (Wildman–Crippen LogP) is 3.04. The van der Waals surface area contributed by atoms with Crippen LogP contribution < -0.4 is 4.74 Å². The Kier molecular flexibility index (Phi) is 6.95. The smallest absolute Gasteiger partial charge is 0.122 e. The van der Waals surface area contributed by atoms with Crippen molar-refractivity contribution in [2.45, 2.75) is 11.9 Å². The number of benzene rings is 2. The zero-order chi connectivity index (χ0) is 16.5. The first-order valence-electron chi connectivity index (χ1n) is 7.37. The summed E-state index contributed by atoms with van der Waals surface area (Å²) in [5.41, 5.74) is 2.08. The number of thioether (sulfide) groups is 1. The maximum Gasteiger partial charge on any atom is 0.122 e. The van der Waals surface area contributed by atoms with Crippen LogP contribution in [0.3, 0.4) is 0 Å². The van der Waals surface area contributed by atoms with Crippen LogP contribution in [0.1, 0.15) is 12.0 Å². The highest BCUT2D eigenvalue weighted by Crippen LogP contribution is 2.23. The topological polar surface area (TPSA) is 73.5 Å². The Bertz CT molecular complexity index is 635. The molecule has 0 heterocycles. The van der Waals surface area contributed by atoms with Gasteiger partial charge in [-0.15, -0.1) is 11.8 Å². The highest BCUT2D eigenvalue weighted by molar-refractivity contribution is 7.99. The van der Waals surface area contributed by atoms with Crippen molar-refractivity contribution in [1.82, 2.24) is 0 Å². The minimum absolute atomic E-state index is 0.220. The standard InChI is InChI=1S/C18H19NO3S/c19-12-14-2-4-15(5-3-14)16-6-8-17(9-7-16)22-10-1-11-23-18(21)13-20/h2-9,18,20-21H,1,10-11,13H2. The molecule has 0 bridgehead atoms. The molecule has 0 saturated heterocycles. The lowest BCUT2D eigenvalue weighted by Gasteiger charge is -2.09. The third kappa shape index (κ3) is 5.61. The fourth-order valence-corrected chi connectivity index (χ4v) is 2.66. The van der Waals surface area contributed by atoms with Crippen LogP contribution in [-0.2, 0) is 0 Å². The number of nitrogens with zero attached hydrogens (tertiary/aromatic N) is 1. The van der Waals surface area contributed by atoms with E-state index >= 15 is 0 Å². The van der Waals surface area contributed by atoms with E-state index in [9.17, 15) is 5.11 Å². The van der Waals surface area contributed by atoms with E-state index in [0.717, 1.165) is 29.1 Å². The van der Waals surface area contributed by atoms with E-state index in [1.165, 1.54) is 11.8 Å². The second kappa shape index (κ2) is 9.21. The van der Waals surface area contributed by atoms with Crippen LogP contribution in [0.2, 0.25) is 0 Å². The van der Waals surface area contributed by atoms with Crippen molar-refractivity contribution in [3.05, 3.63) is 54.1 Å². The Hall–Kier alpha value is -2.00. The molecule has 0 amide bonds. The van der Waals surface area contributed by atoms with Gasteiger partial charge in [0, 0.05) is 0 Å². The summed E-state index contributed by atoms with van der Waals surface area (Å²) in [5, 5.41) is 26.7. The van der Waals surface area contributed by atoms with Crippen LogP contribution in [0.25, 0.3) is 11.1 Å². The van der Waals surface area contributed by atoms with Gasteiger partial charge in [0.2, 0.25) is 0 Å². The number of rotatable bonds is 8. The summed E-state index contributed by atoms with van der Waals surface area (Å²) in [6.45, 7) is 0.351. The minimum Gasteiger partial charge on any atom is -0.494 e. The molecule has 0 spiro atoms. The number of ether oxygens (including phenoxy) is 1. The molecule has 1 atom stereocenters. The molecule has 2 N–H and O–H groups in total. The van der Waals surface area contributed by atoms with E-state index < -0.39 is 5.44 Å². The largest absolute Gasteiger partial charge is 0.494 e. The zero-order valence-corrected chi connectivity index (χ0v) is 13.5. The molecule has 1 unspecified atom stereocenters. The third-order valence-electron chi connectivity index (χ3n) is 3.23. The molecule has 0 aliphatic carbocycles. The van der Waals surface area contributed by atoms with Gasteiger partial charge in [0.25, 0.3) is 0 Å². The summed E-state index contributed by atoms with van der Waals surface area (Å²) in [7, 11) is 0. The van der Waals surface area contributed by atoms with Crippen LogP contribution in [0.4, 0.5) is 0 Å². The fraction of sp³-hybridized carbons (Fsp3) is 0.278. The van der Waals surface area contributed by atoms with Gasteiger partial charge in [-0.1, -0.05) is 24.3 Å². The quantitative estimate of drug-likeness (QED) is 0.575. The lowest BCUT2D eigenvalue weighted by atomic mass is 10.0. The monoisotopic (exact) mass is 329 g/mol. The maximum atomic E-state index is 9.20. The normalized spacial score (nSPS) is 11.7. The van der Waals surface area contributed by atoms with Gasteiger partial charge in [0.05, 0.1) is 24.8 Å². The molecule has 23 heavy (non-hydrogen) atoms. The average Bonchev–Trinajstić information content (AvgIpc) is 2.62. The van der Waals surface area contributed by atoms with E-state index in [4.69, 9.17) is 15.1 Å². The zero-order valence-electron chi connectivity index (χ0n) is 12.7. The summed E-state index contributed by atoms with van der Waals surface area (Å²) < 4.78 is 5.65. The number of nitriles is 1. The van der Waals surface area contributed by atoms with E-state index in [1.807, 2.05) is 36.4 Å². The van der Waals surface area contributed by atoms with Gasteiger partial charge in [-0.25, -0.2) is 0 Å². The first-order valence-corrected chi connectivity index (χ1v) is 8.41. The molecule has 120 valence electrons. The van der Waals surface area contributed by atoms with Crippen molar-refractivity contribution < 1.29 is 14.9 Å². The van der Waals surface area contributed by atoms with E-state index in [-0.39, 0.29) is 6.61 Å². The van der Waals surface area contributed by atoms with E-state index in [2.05, 4.69) is 6.07 Å². The number of hydrogen-bond acceptors (Lipinski definition) is 5. The van der Waals surface area contributed by atoms with Crippen molar-refractivity contribution in [3.63, 3.8) is 0 Å². The van der Waals surface area contributed by atoms with Crippen molar-refractivity contribution >= 4 is 11.8 Å². The van der Waals surface area contributed by atoms with Gasteiger partial charge >= 0.3 is 0 Å². The van der Waals surface area contributed by atoms with Crippen LogP contribution in [-0.4, -0.2) is 34.6 Å². The Morgan fingerprint density at radius 3 is 2.22 bits per heavy atom. The summed E-state index contributed by atoms with van der Waals surface area (Å²) in [4.78, 5) is 0. The molecule has 2 rings (SSSR count). The molecule has 0 aliphatic heterocycles. The Balaban J connectivity index is 1.81. The van der Waals surface area contributed by atoms with Crippen LogP contribution >= 0.6 is 11.8 Å². The molecule has 5 heteroatoms. The van der Waals surface area contributed by atoms with Gasteiger partial charge in [-0.3, -0.25) is 0 Å². The molecule has 4 nitrogen and oxygen atoms in total. The first-order chi connectivity index (χ1) is 11.2.